The topological polar surface area (TPSA) is 117 Å². The lowest BCUT2D eigenvalue weighted by molar-refractivity contribution is 0.147. The molecule has 0 bridgehead atoms. The molecule has 0 amide bonds. The summed E-state index contributed by atoms with van der Waals surface area (Å²) >= 11 is 0. The molecule has 1 unspecified atom stereocenters. The predicted octanol–water partition coefficient (Wildman–Crippen LogP) is 4.61. The molecule has 0 saturated heterocycles. The van der Waals surface area contributed by atoms with Gasteiger partial charge in [0.1, 0.15) is 28.9 Å². The minimum Gasteiger partial charge on any atom is -0.457 e. The number of ether oxygens (including phenoxy) is 1. The highest BCUT2D eigenvalue weighted by molar-refractivity contribution is 5.93. The van der Waals surface area contributed by atoms with Gasteiger partial charge in [-0.1, -0.05) is 24.3 Å². The lowest BCUT2D eigenvalue weighted by Crippen LogP contribution is -2.46. The smallest absolute Gasteiger partial charge is 0.256 e. The summed E-state index contributed by atoms with van der Waals surface area (Å²) in [6, 6.07) is 19.0. The van der Waals surface area contributed by atoms with Crippen molar-refractivity contribution in [1.82, 2.24) is 25.2 Å². The molecule has 5 aromatic rings. The van der Waals surface area contributed by atoms with E-state index in [0.717, 1.165) is 16.7 Å². The largest absolute Gasteiger partial charge is 0.457 e. The van der Waals surface area contributed by atoms with Gasteiger partial charge in [-0.3, -0.25) is 20.0 Å². The van der Waals surface area contributed by atoms with Crippen molar-refractivity contribution in [2.24, 2.45) is 0 Å². The third kappa shape index (κ3) is 6.01. The molecule has 2 aromatic heterocycles. The van der Waals surface area contributed by atoms with Crippen molar-refractivity contribution in [2.45, 2.75) is 13.3 Å². The van der Waals surface area contributed by atoms with Crippen molar-refractivity contribution in [2.75, 3.05) is 18.4 Å². The maximum Gasteiger partial charge on any atom is 0.256 e. The molecule has 0 aliphatic carbocycles. The molecule has 0 saturated carbocycles. The van der Waals surface area contributed by atoms with E-state index >= 15 is 0 Å². The lowest BCUT2D eigenvalue weighted by atomic mass is 10.0. The molecular formula is C30H24F3N7O2. The minimum atomic E-state index is -0.948. The van der Waals surface area contributed by atoms with Crippen molar-refractivity contribution in [3.8, 4) is 28.9 Å². The van der Waals surface area contributed by atoms with Crippen LogP contribution in [-0.4, -0.2) is 34.0 Å². The Morgan fingerprint density at radius 2 is 1.71 bits per heavy atom. The van der Waals surface area contributed by atoms with E-state index in [1.807, 2.05) is 12.3 Å². The van der Waals surface area contributed by atoms with Gasteiger partial charge in [-0.2, -0.15) is 10.2 Å². The van der Waals surface area contributed by atoms with Crippen LogP contribution in [0.5, 0.6) is 5.75 Å². The number of fused-ring (bicyclic) bond motifs is 1. The van der Waals surface area contributed by atoms with Crippen molar-refractivity contribution in [1.29, 1.82) is 5.26 Å². The highest BCUT2D eigenvalue weighted by Crippen LogP contribution is 2.31. The van der Waals surface area contributed by atoms with Crippen LogP contribution in [0.25, 0.3) is 28.0 Å². The lowest BCUT2D eigenvalue weighted by Gasteiger charge is -2.19. The van der Waals surface area contributed by atoms with Crippen LogP contribution in [0.2, 0.25) is 0 Å². The number of aryl methyl sites for hydroxylation is 1. The fourth-order valence-corrected chi connectivity index (χ4v) is 4.40. The number of aromatic nitrogens is 3. The van der Waals surface area contributed by atoms with Gasteiger partial charge in [-0.25, -0.2) is 18.2 Å². The summed E-state index contributed by atoms with van der Waals surface area (Å²) in [5.74, 6) is -1.75. The molecule has 212 valence electrons. The zero-order valence-electron chi connectivity index (χ0n) is 22.2. The molecule has 42 heavy (non-hydrogen) atoms. The Hall–Kier alpha value is -5.41. The maximum atomic E-state index is 14.9. The first-order valence-electron chi connectivity index (χ1n) is 12.8. The first kappa shape index (κ1) is 28.1. The molecule has 3 N–H and O–H groups in total. The van der Waals surface area contributed by atoms with E-state index < -0.39 is 35.1 Å². The average molecular weight is 572 g/mol. The van der Waals surface area contributed by atoms with Gasteiger partial charge in [0.25, 0.3) is 5.56 Å². The number of hydrogen-bond donors (Lipinski definition) is 3. The van der Waals surface area contributed by atoms with E-state index in [1.54, 1.807) is 31.2 Å². The molecule has 0 aliphatic heterocycles. The predicted molar refractivity (Wildman–Crippen MR) is 151 cm³/mol. The molecular weight excluding hydrogens is 547 g/mol. The Morgan fingerprint density at radius 1 is 0.952 bits per heavy atom. The van der Waals surface area contributed by atoms with Crippen LogP contribution >= 0.6 is 0 Å². The molecule has 5 rings (SSSR count). The zero-order valence-corrected chi connectivity index (χ0v) is 22.2. The number of para-hydroxylation sites is 2. The van der Waals surface area contributed by atoms with E-state index in [2.05, 4.69) is 25.9 Å². The quantitative estimate of drug-likeness (QED) is 0.0964. The van der Waals surface area contributed by atoms with Gasteiger partial charge in [0.05, 0.1) is 5.69 Å². The van der Waals surface area contributed by atoms with Crippen LogP contribution < -0.4 is 26.2 Å². The Morgan fingerprint density at radius 3 is 2.43 bits per heavy atom. The van der Waals surface area contributed by atoms with Crippen molar-refractivity contribution in [3.63, 3.8) is 0 Å². The Labute approximate surface area is 238 Å². The average Bonchev–Trinajstić information content (AvgIpc) is 2.96. The summed E-state index contributed by atoms with van der Waals surface area (Å²) in [7, 11) is 0. The van der Waals surface area contributed by atoms with E-state index in [0.29, 0.717) is 28.0 Å². The van der Waals surface area contributed by atoms with Crippen molar-refractivity contribution < 1.29 is 17.9 Å². The summed E-state index contributed by atoms with van der Waals surface area (Å²) < 4.78 is 50.2. The van der Waals surface area contributed by atoms with Gasteiger partial charge < -0.3 is 10.1 Å². The third-order valence-electron chi connectivity index (χ3n) is 6.29. The third-order valence-corrected chi connectivity index (χ3v) is 6.29. The number of benzene rings is 3. The SMILES string of the molecule is Cc1cc(F)ccc1-c1nc(NCCNC(NC#N)Oc2ccccc2)nc2c1ccc(=O)n2-c1c(F)cccc1F. The molecule has 0 spiro atoms. The standard InChI is InChI=1S/C30H24F3N7O2/c1-18-16-19(31)10-11-21(18)26-22-12-13-25(41)40(27-23(32)8-5-9-24(27)33)28(22)39-29(38-26)35-14-15-36-30(37-17-34)42-20-6-3-2-4-7-20/h2-13,16,30,36-37H,14-15H2,1H3,(H,35,38,39). The highest BCUT2D eigenvalue weighted by Gasteiger charge is 2.20. The van der Waals surface area contributed by atoms with Crippen LogP contribution in [0, 0.1) is 35.8 Å². The number of nitriles is 1. The molecule has 0 fully saturated rings. The highest BCUT2D eigenvalue weighted by atomic mass is 19.1. The van der Waals surface area contributed by atoms with E-state index in [4.69, 9.17) is 10.00 Å². The normalized spacial score (nSPS) is 11.6. The Kier molecular flexibility index (Phi) is 8.31. The first-order chi connectivity index (χ1) is 20.4. The van der Waals surface area contributed by atoms with Crippen molar-refractivity contribution >= 4 is 17.0 Å². The van der Waals surface area contributed by atoms with Crippen molar-refractivity contribution in [3.05, 3.63) is 112 Å². The van der Waals surface area contributed by atoms with Crippen LogP contribution in [0.1, 0.15) is 5.56 Å². The summed E-state index contributed by atoms with van der Waals surface area (Å²) in [6.07, 6.45) is 1.00. The van der Waals surface area contributed by atoms with Gasteiger partial charge in [0, 0.05) is 30.1 Å². The number of halogens is 3. The van der Waals surface area contributed by atoms with Crippen LogP contribution in [0.4, 0.5) is 19.1 Å². The minimum absolute atomic E-state index is 0.0490. The molecule has 1 atom stereocenters. The van der Waals surface area contributed by atoms with Crippen LogP contribution in [0.15, 0.2) is 83.7 Å². The van der Waals surface area contributed by atoms with E-state index in [-0.39, 0.29) is 24.7 Å². The van der Waals surface area contributed by atoms with Gasteiger partial charge in [-0.05, 0) is 61.0 Å². The van der Waals surface area contributed by atoms with Gasteiger partial charge in [0.2, 0.25) is 12.3 Å². The summed E-state index contributed by atoms with van der Waals surface area (Å²) in [6.45, 7) is 2.19. The van der Waals surface area contributed by atoms with E-state index in [9.17, 15) is 18.0 Å². The first-order valence-corrected chi connectivity index (χ1v) is 12.8. The molecule has 3 aromatic carbocycles. The van der Waals surface area contributed by atoms with Crippen LogP contribution in [0.3, 0.4) is 0 Å². The number of pyridine rings is 1. The number of rotatable bonds is 10. The number of nitrogens with one attached hydrogen (secondary N) is 3. The van der Waals surface area contributed by atoms with E-state index in [1.165, 1.54) is 36.4 Å². The second-order valence-electron chi connectivity index (χ2n) is 9.12. The van der Waals surface area contributed by atoms with Gasteiger partial charge in [0.15, 0.2) is 11.8 Å². The monoisotopic (exact) mass is 571 g/mol. The Bertz CT molecular complexity index is 1820. The fraction of sp³-hybridized carbons (Fsp3) is 0.133. The number of anilines is 1. The second-order valence-corrected chi connectivity index (χ2v) is 9.12. The fourth-order valence-electron chi connectivity index (χ4n) is 4.40. The Balaban J connectivity index is 1.52. The van der Waals surface area contributed by atoms with Gasteiger partial charge >= 0.3 is 0 Å². The van der Waals surface area contributed by atoms with Crippen LogP contribution in [-0.2, 0) is 0 Å². The maximum absolute atomic E-state index is 14.9. The second kappa shape index (κ2) is 12.4. The summed E-state index contributed by atoms with van der Waals surface area (Å²) in [4.78, 5) is 22.1. The molecule has 12 heteroatoms. The summed E-state index contributed by atoms with van der Waals surface area (Å²) in [5, 5.41) is 18.0. The molecule has 0 aliphatic rings. The zero-order chi connectivity index (χ0) is 29.6. The number of nitrogens with zero attached hydrogens (tertiary/aromatic N) is 4. The molecule has 9 nitrogen and oxygen atoms in total. The molecule has 0 radical (unpaired) electrons. The number of hydrogen-bond acceptors (Lipinski definition) is 8. The molecule has 2 heterocycles. The van der Waals surface area contributed by atoms with Gasteiger partial charge in [-0.15, -0.1) is 0 Å². The summed E-state index contributed by atoms with van der Waals surface area (Å²) in [5.41, 5.74) is 0.0920.